The number of benzene rings is 2. The molecule has 0 aromatic heterocycles. The van der Waals surface area contributed by atoms with E-state index in [1.807, 2.05) is 36.4 Å². The van der Waals surface area contributed by atoms with E-state index in [1.54, 1.807) is 13.2 Å². The van der Waals surface area contributed by atoms with Gasteiger partial charge in [-0.1, -0.05) is 36.4 Å². The number of methoxy groups -OCH3 is 1. The summed E-state index contributed by atoms with van der Waals surface area (Å²) in [5.41, 5.74) is 6.24. The van der Waals surface area contributed by atoms with Gasteiger partial charge in [0.05, 0.1) is 7.11 Å². The molecule has 0 unspecified atom stereocenters. The monoisotopic (exact) mass is 340 g/mol. The second kappa shape index (κ2) is 8.19. The summed E-state index contributed by atoms with van der Waals surface area (Å²) in [6.45, 7) is 0. The number of nitriles is 2. The number of ether oxygens (including phenoxy) is 1. The third kappa shape index (κ3) is 3.85. The van der Waals surface area contributed by atoms with Gasteiger partial charge >= 0.3 is 0 Å². The summed E-state index contributed by atoms with van der Waals surface area (Å²) in [7, 11) is 1.68. The number of allylic oxidation sites excluding steroid dienone is 3. The van der Waals surface area contributed by atoms with Crippen LogP contribution >= 0.6 is 0 Å². The molecule has 1 aliphatic carbocycles. The Morgan fingerprint density at radius 1 is 0.846 bits per heavy atom. The Morgan fingerprint density at radius 3 is 1.81 bits per heavy atom. The molecular weight excluding hydrogens is 320 g/mol. The van der Waals surface area contributed by atoms with Crippen molar-refractivity contribution >= 4 is 17.2 Å². The second-order valence-electron chi connectivity index (χ2n) is 6.30. The molecule has 2 aromatic rings. The normalized spacial score (nSPS) is 13.5. The first-order chi connectivity index (χ1) is 12.7. The van der Waals surface area contributed by atoms with Crippen molar-refractivity contribution in [2.45, 2.75) is 25.7 Å². The van der Waals surface area contributed by atoms with Crippen LogP contribution in [0.25, 0.3) is 17.2 Å². The molecular formula is C23H20N2O. The van der Waals surface area contributed by atoms with Crippen molar-refractivity contribution in [3.63, 3.8) is 0 Å². The predicted octanol–water partition coefficient (Wildman–Crippen LogP) is 5.61. The van der Waals surface area contributed by atoms with Crippen molar-refractivity contribution in [3.05, 3.63) is 70.8 Å². The van der Waals surface area contributed by atoms with E-state index in [2.05, 4.69) is 24.3 Å². The summed E-state index contributed by atoms with van der Waals surface area (Å²) in [6.07, 6.45) is 6.17. The molecule has 26 heavy (non-hydrogen) atoms. The molecule has 2 aromatic carbocycles. The summed E-state index contributed by atoms with van der Waals surface area (Å²) < 4.78 is 5.26. The highest BCUT2D eigenvalue weighted by Gasteiger charge is 2.16. The Kier molecular flexibility index (Phi) is 5.52. The number of hydrogen-bond acceptors (Lipinski definition) is 3. The fraction of sp³-hybridized carbons (Fsp3) is 0.217. The minimum absolute atomic E-state index is 0.119. The smallest absolute Gasteiger partial charge is 0.130 e. The lowest BCUT2D eigenvalue weighted by Gasteiger charge is -2.21. The van der Waals surface area contributed by atoms with E-state index in [4.69, 9.17) is 15.3 Å². The van der Waals surface area contributed by atoms with Crippen LogP contribution in [0.3, 0.4) is 0 Å². The Bertz CT molecular complexity index is 904. The topological polar surface area (TPSA) is 56.8 Å². The second-order valence-corrected chi connectivity index (χ2v) is 6.30. The highest BCUT2D eigenvalue weighted by atomic mass is 16.5. The lowest BCUT2D eigenvalue weighted by Crippen LogP contribution is -1.99. The molecule has 0 amide bonds. The summed E-state index contributed by atoms with van der Waals surface area (Å²) in [4.78, 5) is 0. The van der Waals surface area contributed by atoms with Crippen LogP contribution in [0.1, 0.15) is 42.4 Å². The SMILES string of the molecule is COc1ccc(C2=C(c3ccc(C=C(C#N)C#N)cc3)CCCC2)cc1. The maximum atomic E-state index is 8.89. The Hall–Kier alpha value is -3.30. The van der Waals surface area contributed by atoms with Gasteiger partial charge in [0.25, 0.3) is 0 Å². The van der Waals surface area contributed by atoms with Crippen molar-refractivity contribution in [3.8, 4) is 17.9 Å². The van der Waals surface area contributed by atoms with Gasteiger partial charge in [-0.15, -0.1) is 0 Å². The standard InChI is InChI=1S/C23H20N2O/c1-26-21-12-10-20(11-13-21)23-5-3-2-4-22(23)19-8-6-17(7-9-19)14-18(15-24)16-25/h6-14H,2-5H2,1H3. The molecule has 0 radical (unpaired) electrons. The van der Waals surface area contributed by atoms with E-state index in [-0.39, 0.29) is 5.57 Å². The van der Waals surface area contributed by atoms with E-state index in [0.717, 1.165) is 24.2 Å². The average molecular weight is 340 g/mol. The van der Waals surface area contributed by atoms with Crippen LogP contribution in [0.4, 0.5) is 0 Å². The minimum atomic E-state index is 0.119. The zero-order chi connectivity index (χ0) is 18.4. The molecule has 0 N–H and O–H groups in total. The third-order valence-corrected chi connectivity index (χ3v) is 4.72. The molecule has 128 valence electrons. The van der Waals surface area contributed by atoms with Gasteiger partial charge in [-0.05, 0) is 71.7 Å². The van der Waals surface area contributed by atoms with Gasteiger partial charge in [0, 0.05) is 0 Å². The van der Waals surface area contributed by atoms with Gasteiger partial charge in [-0.25, -0.2) is 0 Å². The highest BCUT2D eigenvalue weighted by Crippen LogP contribution is 2.38. The fourth-order valence-electron chi connectivity index (χ4n) is 3.37. The molecule has 0 aliphatic heterocycles. The molecule has 0 heterocycles. The number of rotatable bonds is 4. The molecule has 0 atom stereocenters. The van der Waals surface area contributed by atoms with Gasteiger partial charge in [0.2, 0.25) is 0 Å². The van der Waals surface area contributed by atoms with Crippen LogP contribution in [0.15, 0.2) is 54.1 Å². The van der Waals surface area contributed by atoms with Crippen molar-refractivity contribution in [2.75, 3.05) is 7.11 Å². The maximum Gasteiger partial charge on any atom is 0.130 e. The lowest BCUT2D eigenvalue weighted by molar-refractivity contribution is 0.415. The predicted molar refractivity (Wildman–Crippen MR) is 104 cm³/mol. The van der Waals surface area contributed by atoms with Crippen LogP contribution < -0.4 is 4.74 Å². The number of nitrogens with zero attached hydrogens (tertiary/aromatic N) is 2. The third-order valence-electron chi connectivity index (χ3n) is 4.72. The molecule has 3 nitrogen and oxygen atoms in total. The van der Waals surface area contributed by atoms with E-state index in [9.17, 15) is 0 Å². The first-order valence-electron chi connectivity index (χ1n) is 8.74. The van der Waals surface area contributed by atoms with Gasteiger partial charge in [-0.2, -0.15) is 10.5 Å². The fourth-order valence-corrected chi connectivity index (χ4v) is 3.37. The molecule has 0 saturated heterocycles. The molecule has 0 fully saturated rings. The van der Waals surface area contributed by atoms with Crippen LogP contribution in [0, 0.1) is 22.7 Å². The van der Waals surface area contributed by atoms with Gasteiger partial charge in [-0.3, -0.25) is 0 Å². The zero-order valence-electron chi connectivity index (χ0n) is 14.8. The van der Waals surface area contributed by atoms with Crippen LogP contribution in [-0.4, -0.2) is 7.11 Å². The Balaban J connectivity index is 1.96. The first-order valence-corrected chi connectivity index (χ1v) is 8.74. The molecule has 0 saturated carbocycles. The van der Waals surface area contributed by atoms with Gasteiger partial charge < -0.3 is 4.74 Å². The average Bonchev–Trinajstić information content (AvgIpc) is 2.72. The van der Waals surface area contributed by atoms with Crippen molar-refractivity contribution in [2.24, 2.45) is 0 Å². The highest BCUT2D eigenvalue weighted by molar-refractivity contribution is 5.91. The number of hydrogen-bond donors (Lipinski definition) is 0. The zero-order valence-corrected chi connectivity index (χ0v) is 14.8. The van der Waals surface area contributed by atoms with Crippen molar-refractivity contribution in [1.82, 2.24) is 0 Å². The Morgan fingerprint density at radius 2 is 1.35 bits per heavy atom. The van der Waals surface area contributed by atoms with E-state index >= 15 is 0 Å². The Labute approximate surface area is 154 Å². The maximum absolute atomic E-state index is 8.89. The van der Waals surface area contributed by atoms with E-state index < -0.39 is 0 Å². The van der Waals surface area contributed by atoms with Crippen LogP contribution in [0.2, 0.25) is 0 Å². The van der Waals surface area contributed by atoms with Crippen LogP contribution in [0.5, 0.6) is 5.75 Å². The van der Waals surface area contributed by atoms with E-state index in [1.165, 1.54) is 35.1 Å². The largest absolute Gasteiger partial charge is 0.497 e. The van der Waals surface area contributed by atoms with E-state index in [0.29, 0.717) is 0 Å². The summed E-state index contributed by atoms with van der Waals surface area (Å²) >= 11 is 0. The molecule has 3 heteroatoms. The minimum Gasteiger partial charge on any atom is -0.497 e. The lowest BCUT2D eigenvalue weighted by atomic mass is 9.84. The molecule has 3 rings (SSSR count). The molecule has 0 bridgehead atoms. The summed E-state index contributed by atoms with van der Waals surface area (Å²) in [5, 5.41) is 17.8. The van der Waals surface area contributed by atoms with Gasteiger partial charge in [0.15, 0.2) is 0 Å². The van der Waals surface area contributed by atoms with Crippen molar-refractivity contribution < 1.29 is 4.74 Å². The van der Waals surface area contributed by atoms with Crippen molar-refractivity contribution in [1.29, 1.82) is 10.5 Å². The quantitative estimate of drug-likeness (QED) is 0.680. The van der Waals surface area contributed by atoms with Crippen LogP contribution in [-0.2, 0) is 0 Å². The summed E-state index contributed by atoms with van der Waals surface area (Å²) in [5.74, 6) is 0.869. The molecule has 1 aliphatic rings. The first kappa shape index (κ1) is 17.5. The summed E-state index contributed by atoms with van der Waals surface area (Å²) in [6, 6.07) is 20.2. The van der Waals surface area contributed by atoms with Gasteiger partial charge in [0.1, 0.15) is 23.5 Å². The molecule has 0 spiro atoms.